The van der Waals surface area contributed by atoms with Gasteiger partial charge in [0.2, 0.25) is 0 Å². The lowest BCUT2D eigenvalue weighted by atomic mass is 10.1. The highest BCUT2D eigenvalue weighted by Gasteiger charge is 2.31. The summed E-state index contributed by atoms with van der Waals surface area (Å²) in [5.41, 5.74) is -1.25. The topological polar surface area (TPSA) is 69.6 Å². The Kier molecular flexibility index (Phi) is 6.15. The van der Waals surface area contributed by atoms with E-state index in [0.29, 0.717) is 24.9 Å². The van der Waals surface area contributed by atoms with Gasteiger partial charge >= 0.3 is 12.0 Å². The van der Waals surface area contributed by atoms with Crippen LogP contribution in [0.5, 0.6) is 0 Å². The quantitative estimate of drug-likeness (QED) is 0.767. The minimum absolute atomic E-state index is 0.315. The molecule has 0 rings (SSSR count). The predicted octanol–water partition coefficient (Wildman–Crippen LogP) is 2.17. The summed E-state index contributed by atoms with van der Waals surface area (Å²) in [7, 11) is 0. The second-order valence-corrected chi connectivity index (χ2v) is 6.05. The van der Waals surface area contributed by atoms with Crippen molar-refractivity contribution in [3.05, 3.63) is 0 Å². The molecule has 0 spiro atoms. The fourth-order valence-corrected chi connectivity index (χ4v) is 1.52. The summed E-state index contributed by atoms with van der Waals surface area (Å²) < 4.78 is 0. The maximum absolute atomic E-state index is 12.1. The Bertz CT molecular complexity index is 289. The van der Waals surface area contributed by atoms with Crippen LogP contribution in [0.25, 0.3) is 0 Å². The van der Waals surface area contributed by atoms with Crippen molar-refractivity contribution in [1.29, 1.82) is 0 Å². The summed E-state index contributed by atoms with van der Waals surface area (Å²) in [6.45, 7) is 12.3. The summed E-state index contributed by atoms with van der Waals surface area (Å²) >= 11 is 0. The maximum Gasteiger partial charge on any atom is 0.328 e. The summed E-state index contributed by atoms with van der Waals surface area (Å²) in [5.74, 6) is -0.338. The van der Waals surface area contributed by atoms with E-state index in [4.69, 9.17) is 5.11 Å². The first kappa shape index (κ1) is 16.7. The van der Waals surface area contributed by atoms with Gasteiger partial charge in [-0.05, 0) is 25.7 Å². The van der Waals surface area contributed by atoms with E-state index >= 15 is 0 Å². The number of amides is 2. The van der Waals surface area contributed by atoms with E-state index in [1.54, 1.807) is 4.90 Å². The third-order valence-electron chi connectivity index (χ3n) is 2.41. The third kappa shape index (κ3) is 5.89. The van der Waals surface area contributed by atoms with Gasteiger partial charge in [0.1, 0.15) is 5.54 Å². The molecule has 0 saturated carbocycles. The Hall–Kier alpha value is -1.26. The Morgan fingerprint density at radius 1 is 1.11 bits per heavy atom. The summed E-state index contributed by atoms with van der Waals surface area (Å²) in [4.78, 5) is 24.8. The molecule has 0 aromatic heterocycles. The lowest BCUT2D eigenvalue weighted by Gasteiger charge is -2.30. The van der Waals surface area contributed by atoms with Crippen LogP contribution in [0.2, 0.25) is 0 Å². The molecule has 18 heavy (non-hydrogen) atoms. The maximum atomic E-state index is 12.1. The molecule has 0 fully saturated rings. The number of carbonyl (C=O) groups is 2. The van der Waals surface area contributed by atoms with Gasteiger partial charge in [-0.2, -0.15) is 0 Å². The number of hydrogen-bond acceptors (Lipinski definition) is 2. The second-order valence-electron chi connectivity index (χ2n) is 6.05. The van der Waals surface area contributed by atoms with Gasteiger partial charge in [-0.3, -0.25) is 0 Å². The molecule has 0 aromatic carbocycles. The van der Waals surface area contributed by atoms with Crippen molar-refractivity contribution in [3.8, 4) is 0 Å². The highest BCUT2D eigenvalue weighted by Crippen LogP contribution is 2.08. The number of urea groups is 1. The fraction of sp³-hybridized carbons (Fsp3) is 0.846. The van der Waals surface area contributed by atoms with E-state index in [2.05, 4.69) is 5.32 Å². The van der Waals surface area contributed by atoms with Gasteiger partial charge < -0.3 is 15.3 Å². The van der Waals surface area contributed by atoms with E-state index in [0.717, 1.165) is 0 Å². The number of nitrogens with zero attached hydrogens (tertiary/aromatic N) is 1. The van der Waals surface area contributed by atoms with E-state index < -0.39 is 11.5 Å². The number of rotatable bonds is 6. The predicted molar refractivity (Wildman–Crippen MR) is 71.5 cm³/mol. The molecule has 5 heteroatoms. The van der Waals surface area contributed by atoms with E-state index in [9.17, 15) is 9.59 Å². The zero-order chi connectivity index (χ0) is 14.5. The van der Waals surface area contributed by atoms with Crippen molar-refractivity contribution in [2.24, 2.45) is 11.8 Å². The Morgan fingerprint density at radius 2 is 1.50 bits per heavy atom. The highest BCUT2D eigenvalue weighted by atomic mass is 16.4. The highest BCUT2D eigenvalue weighted by molar-refractivity contribution is 5.85. The van der Waals surface area contributed by atoms with Gasteiger partial charge in [0, 0.05) is 13.1 Å². The molecule has 0 unspecified atom stereocenters. The van der Waals surface area contributed by atoms with Gasteiger partial charge in [-0.1, -0.05) is 27.7 Å². The second kappa shape index (κ2) is 6.61. The molecule has 0 bridgehead atoms. The Morgan fingerprint density at radius 3 is 1.78 bits per heavy atom. The average Bonchev–Trinajstić information content (AvgIpc) is 2.13. The van der Waals surface area contributed by atoms with Crippen molar-refractivity contribution >= 4 is 12.0 Å². The van der Waals surface area contributed by atoms with E-state index in [-0.39, 0.29) is 6.03 Å². The molecule has 0 aliphatic rings. The Labute approximate surface area is 110 Å². The number of carboxylic acid groups (broad SMARTS) is 1. The molecular formula is C13H26N2O3. The normalized spacial score (nSPS) is 11.8. The molecule has 5 nitrogen and oxygen atoms in total. The largest absolute Gasteiger partial charge is 0.480 e. The first-order valence-electron chi connectivity index (χ1n) is 6.36. The smallest absolute Gasteiger partial charge is 0.328 e. The summed E-state index contributed by atoms with van der Waals surface area (Å²) in [6.07, 6.45) is 0. The molecule has 0 saturated heterocycles. The molecule has 2 amide bonds. The summed E-state index contributed by atoms with van der Waals surface area (Å²) in [6, 6.07) is -0.315. The molecule has 106 valence electrons. The van der Waals surface area contributed by atoms with Crippen LogP contribution >= 0.6 is 0 Å². The van der Waals surface area contributed by atoms with Crippen molar-refractivity contribution in [2.75, 3.05) is 13.1 Å². The van der Waals surface area contributed by atoms with Crippen LogP contribution in [0.4, 0.5) is 4.79 Å². The first-order chi connectivity index (χ1) is 8.06. The van der Waals surface area contributed by atoms with Crippen LogP contribution in [0.3, 0.4) is 0 Å². The third-order valence-corrected chi connectivity index (χ3v) is 2.41. The molecular weight excluding hydrogens is 232 g/mol. The number of hydrogen-bond donors (Lipinski definition) is 2. The van der Waals surface area contributed by atoms with Crippen LogP contribution in [0.1, 0.15) is 41.5 Å². The number of nitrogens with one attached hydrogen (secondary N) is 1. The SMILES string of the molecule is CC(C)CN(CC(C)C)C(=O)NC(C)(C)C(=O)O. The monoisotopic (exact) mass is 258 g/mol. The van der Waals surface area contributed by atoms with E-state index in [1.165, 1.54) is 13.8 Å². The van der Waals surface area contributed by atoms with Gasteiger partial charge in [-0.15, -0.1) is 0 Å². The van der Waals surface area contributed by atoms with Crippen molar-refractivity contribution < 1.29 is 14.7 Å². The lowest BCUT2D eigenvalue weighted by molar-refractivity contribution is -0.143. The van der Waals surface area contributed by atoms with Crippen molar-refractivity contribution in [2.45, 2.75) is 47.1 Å². The Balaban J connectivity index is 4.70. The van der Waals surface area contributed by atoms with Crippen molar-refractivity contribution in [1.82, 2.24) is 10.2 Å². The minimum atomic E-state index is -1.25. The van der Waals surface area contributed by atoms with E-state index in [1.807, 2.05) is 27.7 Å². The van der Waals surface area contributed by atoms with Crippen LogP contribution in [-0.2, 0) is 4.79 Å². The van der Waals surface area contributed by atoms with Gasteiger partial charge in [-0.25, -0.2) is 9.59 Å². The summed E-state index contributed by atoms with van der Waals surface area (Å²) in [5, 5.41) is 11.6. The van der Waals surface area contributed by atoms with Crippen molar-refractivity contribution in [3.63, 3.8) is 0 Å². The van der Waals surface area contributed by atoms with Crippen LogP contribution < -0.4 is 5.32 Å². The van der Waals surface area contributed by atoms with Crippen LogP contribution in [0.15, 0.2) is 0 Å². The molecule has 0 aliphatic carbocycles. The molecule has 0 heterocycles. The number of aliphatic carboxylic acids is 1. The molecule has 2 N–H and O–H groups in total. The minimum Gasteiger partial charge on any atom is -0.480 e. The zero-order valence-corrected chi connectivity index (χ0v) is 12.3. The zero-order valence-electron chi connectivity index (χ0n) is 12.3. The standard InChI is InChI=1S/C13H26N2O3/c1-9(2)7-15(8-10(3)4)12(18)14-13(5,6)11(16)17/h9-10H,7-8H2,1-6H3,(H,14,18)(H,16,17). The first-order valence-corrected chi connectivity index (χ1v) is 6.36. The lowest BCUT2D eigenvalue weighted by Crippen LogP contribution is -2.55. The van der Waals surface area contributed by atoms with Gasteiger partial charge in [0.05, 0.1) is 0 Å². The molecule has 0 atom stereocenters. The fourth-order valence-electron chi connectivity index (χ4n) is 1.52. The van der Waals surface area contributed by atoms with Gasteiger partial charge in [0.15, 0.2) is 0 Å². The van der Waals surface area contributed by atoms with Crippen LogP contribution in [0, 0.1) is 11.8 Å². The molecule has 0 aliphatic heterocycles. The molecule has 0 aromatic rings. The number of carbonyl (C=O) groups excluding carboxylic acids is 1. The molecule has 0 radical (unpaired) electrons. The average molecular weight is 258 g/mol. The van der Waals surface area contributed by atoms with Crippen LogP contribution in [-0.4, -0.2) is 40.6 Å². The number of carboxylic acids is 1. The van der Waals surface area contributed by atoms with Gasteiger partial charge in [0.25, 0.3) is 0 Å².